The van der Waals surface area contributed by atoms with Crippen molar-refractivity contribution in [2.45, 2.75) is 12.6 Å². The standard InChI is InChI=1S/C19H28N4O2/c20-13-17-1-3-18(4-2-17)14-21-5-7-22(8-6-21)15-19(24)16-23-9-11-25-12-10-23/h1-4,19,24H,5-12,14-16H2/t19-/m0/s1. The molecule has 2 aliphatic heterocycles. The lowest BCUT2D eigenvalue weighted by molar-refractivity contribution is 0.00218. The van der Waals surface area contributed by atoms with Crippen LogP contribution >= 0.6 is 0 Å². The van der Waals surface area contributed by atoms with Gasteiger partial charge in [-0.3, -0.25) is 14.7 Å². The van der Waals surface area contributed by atoms with Crippen molar-refractivity contribution in [2.24, 2.45) is 0 Å². The Labute approximate surface area is 150 Å². The molecule has 0 spiro atoms. The predicted octanol–water partition coefficient (Wildman–Crippen LogP) is 0.369. The van der Waals surface area contributed by atoms with Crippen molar-refractivity contribution in [3.05, 3.63) is 35.4 Å². The number of β-amino-alcohol motifs (C(OH)–C–C–N with tert-alkyl or cyclic N) is 1. The average Bonchev–Trinajstić information content (AvgIpc) is 2.65. The number of hydrogen-bond donors (Lipinski definition) is 1. The van der Waals surface area contributed by atoms with Gasteiger partial charge in [0.25, 0.3) is 0 Å². The Morgan fingerprint density at radius 2 is 1.48 bits per heavy atom. The molecule has 1 atom stereocenters. The van der Waals surface area contributed by atoms with E-state index >= 15 is 0 Å². The van der Waals surface area contributed by atoms with E-state index in [9.17, 15) is 5.11 Å². The summed E-state index contributed by atoms with van der Waals surface area (Å²) in [6.45, 7) is 9.86. The summed E-state index contributed by atoms with van der Waals surface area (Å²) < 4.78 is 5.35. The normalized spacial score (nSPS) is 21.8. The minimum Gasteiger partial charge on any atom is -0.390 e. The van der Waals surface area contributed by atoms with Crippen LogP contribution in [0.5, 0.6) is 0 Å². The van der Waals surface area contributed by atoms with Gasteiger partial charge in [-0.2, -0.15) is 5.26 Å². The van der Waals surface area contributed by atoms with Gasteiger partial charge in [0.15, 0.2) is 0 Å². The van der Waals surface area contributed by atoms with Crippen LogP contribution in [0.4, 0.5) is 0 Å². The lowest BCUT2D eigenvalue weighted by Crippen LogP contribution is -2.50. The predicted molar refractivity (Wildman–Crippen MR) is 96.1 cm³/mol. The number of ether oxygens (including phenoxy) is 1. The molecule has 2 heterocycles. The van der Waals surface area contributed by atoms with Crippen LogP contribution in [-0.2, 0) is 11.3 Å². The molecule has 2 saturated heterocycles. The number of aliphatic hydroxyl groups is 1. The zero-order valence-electron chi connectivity index (χ0n) is 14.8. The van der Waals surface area contributed by atoms with Gasteiger partial charge < -0.3 is 9.84 Å². The first-order valence-corrected chi connectivity index (χ1v) is 9.15. The van der Waals surface area contributed by atoms with Crippen molar-refractivity contribution in [2.75, 3.05) is 65.6 Å². The molecule has 1 aromatic rings. The number of rotatable bonds is 6. The fourth-order valence-electron chi connectivity index (χ4n) is 3.51. The maximum atomic E-state index is 10.3. The summed E-state index contributed by atoms with van der Waals surface area (Å²) in [5, 5.41) is 19.2. The van der Waals surface area contributed by atoms with E-state index in [0.717, 1.165) is 72.1 Å². The van der Waals surface area contributed by atoms with Crippen LogP contribution in [0.1, 0.15) is 11.1 Å². The van der Waals surface area contributed by atoms with Crippen molar-refractivity contribution in [3.63, 3.8) is 0 Å². The maximum Gasteiger partial charge on any atom is 0.0991 e. The molecule has 25 heavy (non-hydrogen) atoms. The Kier molecular flexibility index (Phi) is 6.79. The second-order valence-electron chi connectivity index (χ2n) is 6.95. The molecule has 1 N–H and O–H groups in total. The van der Waals surface area contributed by atoms with Crippen LogP contribution in [0.2, 0.25) is 0 Å². The Morgan fingerprint density at radius 3 is 2.08 bits per heavy atom. The SMILES string of the molecule is N#Cc1ccc(CN2CCN(C[C@H](O)CN3CCOCC3)CC2)cc1. The molecule has 2 aliphatic rings. The number of nitrogens with zero attached hydrogens (tertiary/aromatic N) is 4. The van der Waals surface area contributed by atoms with Gasteiger partial charge in [-0.05, 0) is 17.7 Å². The first-order chi connectivity index (χ1) is 12.2. The minimum atomic E-state index is -0.289. The van der Waals surface area contributed by atoms with Crippen molar-refractivity contribution in [1.82, 2.24) is 14.7 Å². The highest BCUT2D eigenvalue weighted by atomic mass is 16.5. The summed E-state index contributed by atoms with van der Waals surface area (Å²) >= 11 is 0. The highest BCUT2D eigenvalue weighted by Crippen LogP contribution is 2.10. The van der Waals surface area contributed by atoms with Crippen molar-refractivity contribution < 1.29 is 9.84 Å². The molecule has 2 fully saturated rings. The second-order valence-corrected chi connectivity index (χ2v) is 6.95. The molecule has 0 radical (unpaired) electrons. The van der Waals surface area contributed by atoms with E-state index in [-0.39, 0.29) is 6.10 Å². The molecule has 6 nitrogen and oxygen atoms in total. The van der Waals surface area contributed by atoms with Gasteiger partial charge in [-0.1, -0.05) is 12.1 Å². The van der Waals surface area contributed by atoms with E-state index in [4.69, 9.17) is 10.00 Å². The summed E-state index contributed by atoms with van der Waals surface area (Å²) in [7, 11) is 0. The summed E-state index contributed by atoms with van der Waals surface area (Å²) in [5.41, 5.74) is 1.96. The maximum absolute atomic E-state index is 10.3. The molecule has 6 heteroatoms. The van der Waals surface area contributed by atoms with Crippen LogP contribution in [-0.4, -0.2) is 91.5 Å². The molecule has 0 amide bonds. The Hall–Kier alpha value is -1.49. The topological polar surface area (TPSA) is 63.0 Å². The van der Waals surface area contributed by atoms with Crippen molar-refractivity contribution >= 4 is 0 Å². The van der Waals surface area contributed by atoms with Gasteiger partial charge >= 0.3 is 0 Å². The summed E-state index contributed by atoms with van der Waals surface area (Å²) in [6, 6.07) is 10.00. The molecule has 1 aromatic carbocycles. The van der Waals surface area contributed by atoms with Crippen LogP contribution in [0.15, 0.2) is 24.3 Å². The highest BCUT2D eigenvalue weighted by Gasteiger charge is 2.21. The molecule has 0 unspecified atom stereocenters. The molecular formula is C19H28N4O2. The van der Waals surface area contributed by atoms with E-state index in [0.29, 0.717) is 5.56 Å². The lowest BCUT2D eigenvalue weighted by Gasteiger charge is -2.36. The van der Waals surface area contributed by atoms with Crippen LogP contribution in [0, 0.1) is 11.3 Å². The number of hydrogen-bond acceptors (Lipinski definition) is 6. The second kappa shape index (κ2) is 9.27. The zero-order chi connectivity index (χ0) is 17.5. The van der Waals surface area contributed by atoms with Crippen molar-refractivity contribution in [3.8, 4) is 6.07 Å². The molecular weight excluding hydrogens is 316 g/mol. The average molecular weight is 344 g/mol. The quantitative estimate of drug-likeness (QED) is 0.804. The lowest BCUT2D eigenvalue weighted by atomic mass is 10.1. The Balaban J connectivity index is 1.37. The van der Waals surface area contributed by atoms with E-state index in [1.165, 1.54) is 5.56 Å². The zero-order valence-corrected chi connectivity index (χ0v) is 14.8. The number of piperazine rings is 1. The van der Waals surface area contributed by atoms with Gasteiger partial charge in [0, 0.05) is 58.9 Å². The monoisotopic (exact) mass is 344 g/mol. The van der Waals surface area contributed by atoms with Crippen LogP contribution < -0.4 is 0 Å². The fraction of sp³-hybridized carbons (Fsp3) is 0.632. The summed E-state index contributed by atoms with van der Waals surface area (Å²) in [6.07, 6.45) is -0.289. The Morgan fingerprint density at radius 1 is 0.920 bits per heavy atom. The van der Waals surface area contributed by atoms with E-state index < -0.39 is 0 Å². The highest BCUT2D eigenvalue weighted by molar-refractivity contribution is 5.31. The third kappa shape index (κ3) is 5.77. The number of nitriles is 1. The third-order valence-corrected chi connectivity index (χ3v) is 5.00. The molecule has 3 rings (SSSR count). The Bertz CT molecular complexity index is 558. The van der Waals surface area contributed by atoms with Gasteiger partial charge in [-0.25, -0.2) is 0 Å². The number of aliphatic hydroxyl groups excluding tert-OH is 1. The smallest absolute Gasteiger partial charge is 0.0991 e. The molecule has 0 aromatic heterocycles. The van der Waals surface area contributed by atoms with Gasteiger partial charge in [-0.15, -0.1) is 0 Å². The van der Waals surface area contributed by atoms with E-state index in [1.54, 1.807) is 0 Å². The number of morpholine rings is 1. The molecule has 0 bridgehead atoms. The number of benzene rings is 1. The van der Waals surface area contributed by atoms with E-state index in [1.807, 2.05) is 24.3 Å². The first-order valence-electron chi connectivity index (χ1n) is 9.15. The summed E-state index contributed by atoms with van der Waals surface area (Å²) in [5.74, 6) is 0. The molecule has 136 valence electrons. The van der Waals surface area contributed by atoms with Gasteiger partial charge in [0.1, 0.15) is 0 Å². The first kappa shape index (κ1) is 18.3. The van der Waals surface area contributed by atoms with Gasteiger partial charge in [0.05, 0.1) is 31.0 Å². The van der Waals surface area contributed by atoms with Crippen molar-refractivity contribution in [1.29, 1.82) is 5.26 Å². The van der Waals surface area contributed by atoms with Crippen LogP contribution in [0.3, 0.4) is 0 Å². The third-order valence-electron chi connectivity index (χ3n) is 5.00. The largest absolute Gasteiger partial charge is 0.390 e. The fourth-order valence-corrected chi connectivity index (χ4v) is 3.51. The molecule has 0 saturated carbocycles. The molecule has 0 aliphatic carbocycles. The summed E-state index contributed by atoms with van der Waals surface area (Å²) in [4.78, 5) is 7.09. The van der Waals surface area contributed by atoms with Gasteiger partial charge in [0.2, 0.25) is 0 Å². The van der Waals surface area contributed by atoms with Crippen LogP contribution in [0.25, 0.3) is 0 Å². The van der Waals surface area contributed by atoms with E-state index in [2.05, 4.69) is 20.8 Å². The minimum absolute atomic E-state index is 0.289.